The van der Waals surface area contributed by atoms with Gasteiger partial charge in [0.05, 0.1) is 18.2 Å². The van der Waals surface area contributed by atoms with Gasteiger partial charge in [0.2, 0.25) is 17.8 Å². The lowest BCUT2D eigenvalue weighted by atomic mass is 10.3. The molecule has 9 nitrogen and oxygen atoms in total. The summed E-state index contributed by atoms with van der Waals surface area (Å²) in [5, 5.41) is 3.83. The standard InChI is InChI=1S/C22H24ClFN8O/c23-18-2-1-7-25-19(18)30-8-10-31(11-9-30)21-27-20(26-17-5-3-16(24)4-6-17)28-22(29-21)32-12-14-33-15-13-32/h1-7H,8-15H2,(H,26,27,28,29). The Hall–Kier alpha value is -3.24. The highest BCUT2D eigenvalue weighted by molar-refractivity contribution is 6.32. The van der Waals surface area contributed by atoms with E-state index in [9.17, 15) is 4.39 Å². The molecule has 0 bridgehead atoms. The summed E-state index contributed by atoms with van der Waals surface area (Å²) in [6.07, 6.45) is 1.75. The molecule has 1 N–H and O–H groups in total. The van der Waals surface area contributed by atoms with Gasteiger partial charge in [0.15, 0.2) is 0 Å². The quantitative estimate of drug-likeness (QED) is 0.605. The number of nitrogens with one attached hydrogen (secondary N) is 1. The molecule has 2 saturated heterocycles. The second kappa shape index (κ2) is 9.72. The van der Waals surface area contributed by atoms with Crippen molar-refractivity contribution in [2.45, 2.75) is 0 Å². The summed E-state index contributed by atoms with van der Waals surface area (Å²) >= 11 is 6.33. The van der Waals surface area contributed by atoms with Crippen LogP contribution in [0.2, 0.25) is 5.02 Å². The number of hydrogen-bond donors (Lipinski definition) is 1. The molecule has 172 valence electrons. The molecule has 2 aromatic heterocycles. The maximum atomic E-state index is 13.3. The zero-order valence-corrected chi connectivity index (χ0v) is 18.7. The van der Waals surface area contributed by atoms with Crippen molar-refractivity contribution in [1.29, 1.82) is 0 Å². The Bertz CT molecular complexity index is 1090. The molecule has 0 amide bonds. The largest absolute Gasteiger partial charge is 0.378 e. The first-order valence-corrected chi connectivity index (χ1v) is 11.3. The number of anilines is 5. The number of nitrogens with zero attached hydrogens (tertiary/aromatic N) is 7. The number of hydrogen-bond acceptors (Lipinski definition) is 9. The van der Waals surface area contributed by atoms with E-state index in [-0.39, 0.29) is 5.82 Å². The van der Waals surface area contributed by atoms with Crippen LogP contribution >= 0.6 is 11.6 Å². The van der Waals surface area contributed by atoms with Gasteiger partial charge in [-0.05, 0) is 36.4 Å². The highest BCUT2D eigenvalue weighted by atomic mass is 35.5. The number of ether oxygens (including phenoxy) is 1. The van der Waals surface area contributed by atoms with Gasteiger partial charge >= 0.3 is 0 Å². The lowest BCUT2D eigenvalue weighted by molar-refractivity contribution is 0.122. The maximum absolute atomic E-state index is 13.3. The lowest BCUT2D eigenvalue weighted by Crippen LogP contribution is -2.47. The summed E-state index contributed by atoms with van der Waals surface area (Å²) in [7, 11) is 0. The second-order valence-corrected chi connectivity index (χ2v) is 8.18. The Labute approximate surface area is 196 Å². The van der Waals surface area contributed by atoms with Crippen molar-refractivity contribution in [1.82, 2.24) is 19.9 Å². The molecule has 11 heteroatoms. The first kappa shape index (κ1) is 21.6. The van der Waals surface area contributed by atoms with Crippen LogP contribution in [0.3, 0.4) is 0 Å². The summed E-state index contributed by atoms with van der Waals surface area (Å²) in [4.78, 5) is 24.9. The second-order valence-electron chi connectivity index (χ2n) is 7.77. The molecular formula is C22H24ClFN8O. The lowest BCUT2D eigenvalue weighted by Gasteiger charge is -2.36. The number of morpholine rings is 1. The number of piperazine rings is 1. The molecule has 4 heterocycles. The van der Waals surface area contributed by atoms with Crippen molar-refractivity contribution in [3.8, 4) is 0 Å². The Morgan fingerprint density at radius 3 is 2.12 bits per heavy atom. The topological polar surface area (TPSA) is 82.5 Å². The first-order valence-electron chi connectivity index (χ1n) is 10.9. The third-order valence-corrected chi connectivity index (χ3v) is 5.90. The van der Waals surface area contributed by atoms with Crippen molar-refractivity contribution < 1.29 is 9.13 Å². The Morgan fingerprint density at radius 2 is 1.45 bits per heavy atom. The van der Waals surface area contributed by atoms with Crippen molar-refractivity contribution in [3.63, 3.8) is 0 Å². The van der Waals surface area contributed by atoms with Crippen LogP contribution in [0.4, 0.5) is 33.7 Å². The average Bonchev–Trinajstić information content (AvgIpc) is 2.86. The molecule has 33 heavy (non-hydrogen) atoms. The highest BCUT2D eigenvalue weighted by Crippen LogP contribution is 2.25. The van der Waals surface area contributed by atoms with Gasteiger partial charge in [-0.3, -0.25) is 0 Å². The normalized spacial score (nSPS) is 16.7. The summed E-state index contributed by atoms with van der Waals surface area (Å²) in [6.45, 7) is 5.62. The van der Waals surface area contributed by atoms with Crippen LogP contribution in [-0.4, -0.2) is 72.4 Å². The first-order chi connectivity index (χ1) is 16.2. The number of benzene rings is 1. The zero-order chi connectivity index (χ0) is 22.6. The maximum Gasteiger partial charge on any atom is 0.233 e. The number of aromatic nitrogens is 4. The molecule has 5 rings (SSSR count). The molecule has 0 aliphatic carbocycles. The molecule has 0 radical (unpaired) electrons. The highest BCUT2D eigenvalue weighted by Gasteiger charge is 2.24. The number of halogens is 2. The summed E-state index contributed by atoms with van der Waals surface area (Å²) in [5.41, 5.74) is 0.705. The van der Waals surface area contributed by atoms with E-state index in [1.807, 2.05) is 12.1 Å². The van der Waals surface area contributed by atoms with E-state index in [1.54, 1.807) is 18.3 Å². The van der Waals surface area contributed by atoms with E-state index in [1.165, 1.54) is 12.1 Å². The predicted molar refractivity (Wildman–Crippen MR) is 126 cm³/mol. The molecule has 0 atom stereocenters. The van der Waals surface area contributed by atoms with Gasteiger partial charge in [0, 0.05) is 51.2 Å². The number of rotatable bonds is 5. The molecule has 2 aliphatic rings. The summed E-state index contributed by atoms with van der Waals surface area (Å²) in [6, 6.07) is 9.79. The van der Waals surface area contributed by atoms with E-state index >= 15 is 0 Å². The molecular weight excluding hydrogens is 447 g/mol. The van der Waals surface area contributed by atoms with Gasteiger partial charge in [0.1, 0.15) is 11.6 Å². The molecule has 0 unspecified atom stereocenters. The predicted octanol–water partition coefficient (Wildman–Crippen LogP) is 2.97. The Kier molecular flexibility index (Phi) is 6.36. The van der Waals surface area contributed by atoms with E-state index in [2.05, 4.69) is 35.0 Å². The Balaban J connectivity index is 1.37. The fourth-order valence-electron chi connectivity index (χ4n) is 3.85. The van der Waals surface area contributed by atoms with Crippen LogP contribution in [0.25, 0.3) is 0 Å². The number of pyridine rings is 1. The van der Waals surface area contributed by atoms with Crippen LogP contribution in [0, 0.1) is 5.82 Å². The molecule has 0 saturated carbocycles. The van der Waals surface area contributed by atoms with Gasteiger partial charge in [-0.1, -0.05) is 11.6 Å². The van der Waals surface area contributed by atoms with Gasteiger partial charge in [0.25, 0.3) is 0 Å². The van der Waals surface area contributed by atoms with Crippen LogP contribution in [-0.2, 0) is 4.74 Å². The van der Waals surface area contributed by atoms with E-state index in [0.717, 1.165) is 32.0 Å². The third-order valence-electron chi connectivity index (χ3n) is 5.61. The molecule has 3 aromatic rings. The smallest absolute Gasteiger partial charge is 0.233 e. The Morgan fingerprint density at radius 1 is 0.818 bits per heavy atom. The monoisotopic (exact) mass is 470 g/mol. The van der Waals surface area contributed by atoms with Crippen molar-refractivity contribution in [2.75, 3.05) is 72.5 Å². The van der Waals surface area contributed by atoms with E-state index in [0.29, 0.717) is 54.9 Å². The van der Waals surface area contributed by atoms with Gasteiger partial charge in [-0.25, -0.2) is 9.37 Å². The van der Waals surface area contributed by atoms with Crippen molar-refractivity contribution in [3.05, 3.63) is 53.4 Å². The fraction of sp³-hybridized carbons (Fsp3) is 0.364. The minimum atomic E-state index is -0.295. The summed E-state index contributed by atoms with van der Waals surface area (Å²) < 4.78 is 18.8. The van der Waals surface area contributed by atoms with E-state index in [4.69, 9.17) is 21.3 Å². The fourth-order valence-corrected chi connectivity index (χ4v) is 4.09. The van der Waals surface area contributed by atoms with Crippen LogP contribution in [0.1, 0.15) is 0 Å². The van der Waals surface area contributed by atoms with Crippen LogP contribution < -0.4 is 20.0 Å². The zero-order valence-electron chi connectivity index (χ0n) is 18.0. The van der Waals surface area contributed by atoms with Gasteiger partial charge < -0.3 is 24.8 Å². The third kappa shape index (κ3) is 5.07. The van der Waals surface area contributed by atoms with Crippen molar-refractivity contribution in [2.24, 2.45) is 0 Å². The molecule has 0 spiro atoms. The average molecular weight is 471 g/mol. The minimum Gasteiger partial charge on any atom is -0.378 e. The van der Waals surface area contributed by atoms with Gasteiger partial charge in [-0.2, -0.15) is 15.0 Å². The van der Waals surface area contributed by atoms with Gasteiger partial charge in [-0.15, -0.1) is 0 Å². The SMILES string of the molecule is Fc1ccc(Nc2nc(N3CCOCC3)nc(N3CCN(c4ncccc4Cl)CC3)n2)cc1. The minimum absolute atomic E-state index is 0.295. The van der Waals surface area contributed by atoms with E-state index < -0.39 is 0 Å². The van der Waals surface area contributed by atoms with Crippen LogP contribution in [0.5, 0.6) is 0 Å². The summed E-state index contributed by atoms with van der Waals surface area (Å²) in [5.74, 6) is 2.12. The molecule has 1 aromatic carbocycles. The van der Waals surface area contributed by atoms with Crippen LogP contribution in [0.15, 0.2) is 42.6 Å². The molecule has 2 fully saturated rings. The molecule has 2 aliphatic heterocycles. The van der Waals surface area contributed by atoms with Crippen molar-refractivity contribution >= 4 is 41.0 Å².